The number of carbonyl (C=O) groups is 2. The number of nitrogens with one attached hydrogen (secondary N) is 2. The third-order valence-electron chi connectivity index (χ3n) is 3.65. The highest BCUT2D eigenvalue weighted by Crippen LogP contribution is 2.28. The minimum Gasteiger partial charge on any atom is -0.497 e. The molecule has 0 heterocycles. The third kappa shape index (κ3) is 5.46. The van der Waals surface area contributed by atoms with Gasteiger partial charge in [0.2, 0.25) is 5.91 Å². The van der Waals surface area contributed by atoms with Gasteiger partial charge in [-0.25, -0.2) is 5.43 Å². The van der Waals surface area contributed by atoms with E-state index in [9.17, 15) is 9.59 Å². The summed E-state index contributed by atoms with van der Waals surface area (Å²) in [5.41, 5.74) is 9.73. The van der Waals surface area contributed by atoms with Crippen molar-refractivity contribution in [3.05, 3.63) is 48.0 Å². The Bertz CT molecular complexity index is 865. The number of hydrogen-bond donors (Lipinski definition) is 3. The minimum absolute atomic E-state index is 0.00901. The number of anilines is 2. The summed E-state index contributed by atoms with van der Waals surface area (Å²) in [6, 6.07) is 11.7. The van der Waals surface area contributed by atoms with Crippen LogP contribution in [0.25, 0.3) is 0 Å². The Kier molecular flexibility index (Phi) is 6.76. The smallest absolute Gasteiger partial charge is 0.273 e. The molecule has 0 saturated carbocycles. The molecule has 4 N–H and O–H groups in total. The molecule has 2 aromatic rings. The fourth-order valence-corrected chi connectivity index (χ4v) is 2.29. The monoisotopic (exact) mass is 370 g/mol. The quantitative estimate of drug-likeness (QED) is 0.393. The number of hydrazone groups is 1. The first kappa shape index (κ1) is 19.8. The predicted octanol–water partition coefficient (Wildman–Crippen LogP) is 2.42. The molecule has 0 aromatic heterocycles. The van der Waals surface area contributed by atoms with Crippen LogP contribution in [-0.2, 0) is 4.79 Å². The summed E-state index contributed by atoms with van der Waals surface area (Å²) < 4.78 is 10.4. The van der Waals surface area contributed by atoms with Gasteiger partial charge in [-0.05, 0) is 31.2 Å². The van der Waals surface area contributed by atoms with Gasteiger partial charge in [0.15, 0.2) is 0 Å². The van der Waals surface area contributed by atoms with Crippen LogP contribution in [0.15, 0.2) is 47.6 Å². The van der Waals surface area contributed by atoms with E-state index < -0.39 is 5.91 Å². The maximum atomic E-state index is 12.2. The Balaban J connectivity index is 1.98. The van der Waals surface area contributed by atoms with E-state index in [1.54, 1.807) is 49.4 Å². The molecule has 2 rings (SSSR count). The second-order valence-corrected chi connectivity index (χ2v) is 5.67. The summed E-state index contributed by atoms with van der Waals surface area (Å²) in [5, 5.41) is 6.68. The number of amides is 2. The zero-order valence-electron chi connectivity index (χ0n) is 15.4. The van der Waals surface area contributed by atoms with E-state index in [1.807, 2.05) is 0 Å². The zero-order chi connectivity index (χ0) is 19.8. The number of ether oxygens (including phenoxy) is 2. The number of nitrogen functional groups attached to an aromatic ring is 1. The molecule has 0 fully saturated rings. The summed E-state index contributed by atoms with van der Waals surface area (Å²) in [5.74, 6) is 0.342. The molecule has 142 valence electrons. The second-order valence-electron chi connectivity index (χ2n) is 5.67. The van der Waals surface area contributed by atoms with E-state index in [2.05, 4.69) is 15.8 Å². The van der Waals surface area contributed by atoms with Crippen LogP contribution in [0.3, 0.4) is 0 Å². The first-order valence-corrected chi connectivity index (χ1v) is 8.14. The number of methoxy groups -OCH3 is 2. The molecule has 8 nitrogen and oxygen atoms in total. The van der Waals surface area contributed by atoms with Crippen molar-refractivity contribution in [2.24, 2.45) is 5.10 Å². The Morgan fingerprint density at radius 2 is 1.85 bits per heavy atom. The van der Waals surface area contributed by atoms with Gasteiger partial charge in [-0.2, -0.15) is 5.10 Å². The summed E-state index contributed by atoms with van der Waals surface area (Å²) in [6.07, 6.45) is -0.00901. The van der Waals surface area contributed by atoms with E-state index in [0.717, 1.165) is 0 Å². The van der Waals surface area contributed by atoms with Gasteiger partial charge in [-0.3, -0.25) is 9.59 Å². The van der Waals surface area contributed by atoms with Crippen LogP contribution in [0.2, 0.25) is 0 Å². The lowest BCUT2D eigenvalue weighted by Crippen LogP contribution is -2.22. The number of para-hydroxylation sites is 1. The van der Waals surface area contributed by atoms with Crippen LogP contribution < -0.4 is 25.9 Å². The van der Waals surface area contributed by atoms with E-state index in [-0.39, 0.29) is 12.3 Å². The van der Waals surface area contributed by atoms with Crippen molar-refractivity contribution >= 4 is 28.9 Å². The maximum Gasteiger partial charge on any atom is 0.273 e. The molecule has 8 heteroatoms. The molecule has 0 radical (unpaired) electrons. The van der Waals surface area contributed by atoms with Crippen LogP contribution in [0.1, 0.15) is 23.7 Å². The van der Waals surface area contributed by atoms with E-state index in [0.29, 0.717) is 34.1 Å². The van der Waals surface area contributed by atoms with Crippen LogP contribution in [0.5, 0.6) is 11.5 Å². The van der Waals surface area contributed by atoms with Gasteiger partial charge in [0.1, 0.15) is 11.5 Å². The third-order valence-corrected chi connectivity index (χ3v) is 3.65. The second kappa shape index (κ2) is 9.23. The van der Waals surface area contributed by atoms with Crippen molar-refractivity contribution in [2.75, 3.05) is 25.3 Å². The molecule has 0 spiro atoms. The van der Waals surface area contributed by atoms with Crippen LogP contribution >= 0.6 is 0 Å². The van der Waals surface area contributed by atoms with Crippen molar-refractivity contribution in [1.29, 1.82) is 0 Å². The molecule has 27 heavy (non-hydrogen) atoms. The zero-order valence-corrected chi connectivity index (χ0v) is 15.4. The Morgan fingerprint density at radius 1 is 1.11 bits per heavy atom. The lowest BCUT2D eigenvalue weighted by Gasteiger charge is -2.11. The van der Waals surface area contributed by atoms with Crippen LogP contribution in [0.4, 0.5) is 11.4 Å². The highest BCUT2D eigenvalue weighted by Gasteiger charge is 2.11. The van der Waals surface area contributed by atoms with Gasteiger partial charge in [-0.15, -0.1) is 0 Å². The number of rotatable bonds is 7. The normalized spacial score (nSPS) is 10.9. The summed E-state index contributed by atoms with van der Waals surface area (Å²) in [7, 11) is 3.04. The molecule has 0 aliphatic heterocycles. The SMILES string of the molecule is COc1ccc(OC)c(NC(=O)C/C(C)=N/NC(=O)c2ccccc2N)c1. The van der Waals surface area contributed by atoms with Gasteiger partial charge in [-0.1, -0.05) is 12.1 Å². The average molecular weight is 370 g/mol. The standard InChI is InChI=1S/C19H22N4O4/c1-12(22-23-19(25)14-6-4-5-7-15(14)20)10-18(24)21-16-11-13(26-2)8-9-17(16)27-3/h4-9,11H,10,20H2,1-3H3,(H,21,24)(H,23,25)/b22-12+. The summed E-state index contributed by atoms with van der Waals surface area (Å²) in [6.45, 7) is 1.64. The molecule has 0 aliphatic rings. The van der Waals surface area contributed by atoms with E-state index in [4.69, 9.17) is 15.2 Å². The van der Waals surface area contributed by atoms with Gasteiger partial charge < -0.3 is 20.5 Å². The van der Waals surface area contributed by atoms with Crippen molar-refractivity contribution in [1.82, 2.24) is 5.43 Å². The molecule has 0 unspecified atom stereocenters. The lowest BCUT2D eigenvalue weighted by molar-refractivity contribution is -0.115. The van der Waals surface area contributed by atoms with Gasteiger partial charge in [0.25, 0.3) is 5.91 Å². The fourth-order valence-electron chi connectivity index (χ4n) is 2.29. The van der Waals surface area contributed by atoms with E-state index >= 15 is 0 Å². The molecular formula is C19H22N4O4. The Hall–Kier alpha value is -3.55. The highest BCUT2D eigenvalue weighted by atomic mass is 16.5. The van der Waals surface area contributed by atoms with Crippen molar-refractivity contribution < 1.29 is 19.1 Å². The molecule has 0 bridgehead atoms. The first-order chi connectivity index (χ1) is 12.9. The predicted molar refractivity (Wildman–Crippen MR) is 104 cm³/mol. The minimum atomic E-state index is -0.442. The largest absolute Gasteiger partial charge is 0.497 e. The molecular weight excluding hydrogens is 348 g/mol. The fraction of sp³-hybridized carbons (Fsp3) is 0.211. The number of benzene rings is 2. The first-order valence-electron chi connectivity index (χ1n) is 8.14. The van der Waals surface area contributed by atoms with Gasteiger partial charge in [0, 0.05) is 17.5 Å². The molecule has 0 atom stereocenters. The average Bonchev–Trinajstić information content (AvgIpc) is 2.66. The Morgan fingerprint density at radius 3 is 2.52 bits per heavy atom. The van der Waals surface area contributed by atoms with Crippen LogP contribution in [0, 0.1) is 0 Å². The molecule has 0 saturated heterocycles. The topological polar surface area (TPSA) is 115 Å². The number of nitrogens with zero attached hydrogens (tertiary/aromatic N) is 1. The van der Waals surface area contributed by atoms with Gasteiger partial charge >= 0.3 is 0 Å². The van der Waals surface area contributed by atoms with Crippen molar-refractivity contribution in [2.45, 2.75) is 13.3 Å². The number of nitrogens with two attached hydrogens (primary N) is 1. The number of carbonyl (C=O) groups excluding carboxylic acids is 2. The molecule has 0 aliphatic carbocycles. The molecule has 2 amide bonds. The Labute approximate surface area is 157 Å². The van der Waals surface area contributed by atoms with Gasteiger partial charge in [0.05, 0.1) is 31.9 Å². The lowest BCUT2D eigenvalue weighted by atomic mass is 10.2. The summed E-state index contributed by atoms with van der Waals surface area (Å²) in [4.78, 5) is 24.3. The maximum absolute atomic E-state index is 12.2. The van der Waals surface area contributed by atoms with E-state index in [1.165, 1.54) is 14.2 Å². The van der Waals surface area contributed by atoms with Crippen molar-refractivity contribution in [3.63, 3.8) is 0 Å². The summed E-state index contributed by atoms with van der Waals surface area (Å²) >= 11 is 0. The van der Waals surface area contributed by atoms with Crippen LogP contribution in [-0.4, -0.2) is 31.7 Å². The number of hydrogen-bond acceptors (Lipinski definition) is 6. The molecule has 2 aromatic carbocycles. The van der Waals surface area contributed by atoms with Crippen molar-refractivity contribution in [3.8, 4) is 11.5 Å². The highest BCUT2D eigenvalue weighted by molar-refractivity contribution is 6.07.